The fourth-order valence-corrected chi connectivity index (χ4v) is 2.47. The number of carboxylic acids is 1. The number of amides is 2. The minimum absolute atomic E-state index is 0.206. The van der Waals surface area contributed by atoms with Crippen LogP contribution in [0, 0.1) is 5.41 Å². The van der Waals surface area contributed by atoms with E-state index >= 15 is 0 Å². The summed E-state index contributed by atoms with van der Waals surface area (Å²) in [6, 6.07) is -0.553. The minimum Gasteiger partial charge on any atom is -0.481 e. The third-order valence-electron chi connectivity index (χ3n) is 5.03. The smallest absolute Gasteiger partial charge is 0.317 e. The Hall–Kier alpha value is -1.30. The van der Waals surface area contributed by atoms with Crippen LogP contribution in [0.1, 0.15) is 53.4 Å². The molecule has 1 aliphatic rings. The number of nitrogens with zero attached hydrogens (tertiary/aromatic N) is 1. The number of carboxylic acid groups (broad SMARTS) is 1. The van der Waals surface area contributed by atoms with Gasteiger partial charge in [-0.15, -0.1) is 0 Å². The first-order valence-electron chi connectivity index (χ1n) is 7.47. The molecule has 3 N–H and O–H groups in total. The third-order valence-corrected chi connectivity index (χ3v) is 5.03. The Morgan fingerprint density at radius 3 is 2.14 bits per heavy atom. The highest BCUT2D eigenvalue weighted by molar-refractivity contribution is 5.79. The lowest BCUT2D eigenvalue weighted by Gasteiger charge is -2.42. The zero-order valence-corrected chi connectivity index (χ0v) is 13.6. The molecular weight excluding hydrogens is 272 g/mol. The van der Waals surface area contributed by atoms with Gasteiger partial charge >= 0.3 is 12.0 Å². The number of aliphatic hydroxyl groups is 1. The van der Waals surface area contributed by atoms with Crippen molar-refractivity contribution in [2.24, 2.45) is 5.41 Å². The normalized spacial score (nSPS) is 23.5. The summed E-state index contributed by atoms with van der Waals surface area (Å²) in [7, 11) is 1.65. The molecule has 1 rings (SSSR count). The van der Waals surface area contributed by atoms with Crippen LogP contribution in [0.5, 0.6) is 0 Å². The van der Waals surface area contributed by atoms with Crippen LogP contribution in [0.4, 0.5) is 4.79 Å². The summed E-state index contributed by atoms with van der Waals surface area (Å²) in [5.41, 5.74) is -2.02. The Morgan fingerprint density at radius 1 is 1.14 bits per heavy atom. The molecule has 0 aromatic carbocycles. The van der Waals surface area contributed by atoms with Crippen molar-refractivity contribution in [2.75, 3.05) is 7.05 Å². The van der Waals surface area contributed by atoms with Gasteiger partial charge in [0.2, 0.25) is 0 Å². The highest BCUT2D eigenvalue weighted by Crippen LogP contribution is 2.31. The van der Waals surface area contributed by atoms with E-state index in [1.165, 1.54) is 4.90 Å². The van der Waals surface area contributed by atoms with E-state index in [2.05, 4.69) is 5.32 Å². The van der Waals surface area contributed by atoms with E-state index in [0.717, 1.165) is 19.3 Å². The first-order valence-corrected chi connectivity index (χ1v) is 7.47. The molecule has 0 heterocycles. The van der Waals surface area contributed by atoms with Crippen LogP contribution in [0.15, 0.2) is 0 Å². The van der Waals surface area contributed by atoms with Gasteiger partial charge in [-0.2, -0.15) is 0 Å². The quantitative estimate of drug-likeness (QED) is 0.738. The van der Waals surface area contributed by atoms with Gasteiger partial charge in [-0.25, -0.2) is 4.79 Å². The molecule has 0 saturated heterocycles. The molecule has 0 radical (unpaired) electrons. The first kappa shape index (κ1) is 17.8. The second kappa shape index (κ2) is 6.22. The molecular formula is C15H28N2O4. The van der Waals surface area contributed by atoms with E-state index in [4.69, 9.17) is 0 Å². The van der Waals surface area contributed by atoms with Gasteiger partial charge in [0, 0.05) is 7.05 Å². The van der Waals surface area contributed by atoms with Crippen molar-refractivity contribution in [3.05, 3.63) is 0 Å². The number of likely N-dealkylation sites (N-methyl/N-ethyl adjacent to an activating group) is 1. The zero-order chi connectivity index (χ0) is 16.4. The van der Waals surface area contributed by atoms with E-state index < -0.39 is 23.0 Å². The molecule has 6 nitrogen and oxygen atoms in total. The molecule has 1 saturated carbocycles. The van der Waals surface area contributed by atoms with Crippen molar-refractivity contribution < 1.29 is 19.8 Å². The lowest BCUT2D eigenvalue weighted by molar-refractivity contribution is -0.150. The van der Waals surface area contributed by atoms with Gasteiger partial charge in [-0.05, 0) is 40.5 Å². The van der Waals surface area contributed by atoms with Crippen molar-refractivity contribution in [1.82, 2.24) is 10.2 Å². The van der Waals surface area contributed by atoms with Gasteiger partial charge in [0.05, 0.1) is 23.1 Å². The number of hydrogen-bond donors (Lipinski definition) is 3. The van der Waals surface area contributed by atoms with Crippen LogP contribution < -0.4 is 5.32 Å². The summed E-state index contributed by atoms with van der Waals surface area (Å²) >= 11 is 0. The second-order valence-electron chi connectivity index (χ2n) is 7.02. The number of urea groups is 1. The average molecular weight is 300 g/mol. The largest absolute Gasteiger partial charge is 0.481 e. The van der Waals surface area contributed by atoms with Crippen LogP contribution in [-0.4, -0.2) is 51.8 Å². The highest BCUT2D eigenvalue weighted by atomic mass is 16.4. The number of carbonyl (C=O) groups is 2. The summed E-state index contributed by atoms with van der Waals surface area (Å²) in [6.07, 6.45) is 2.93. The molecule has 122 valence electrons. The Bertz CT molecular complexity index is 406. The van der Waals surface area contributed by atoms with E-state index in [9.17, 15) is 19.8 Å². The molecule has 1 fully saturated rings. The lowest BCUT2D eigenvalue weighted by atomic mass is 9.74. The van der Waals surface area contributed by atoms with Gasteiger partial charge in [0.15, 0.2) is 0 Å². The lowest BCUT2D eigenvalue weighted by Crippen LogP contribution is -2.61. The van der Waals surface area contributed by atoms with Gasteiger partial charge in [0.25, 0.3) is 0 Å². The van der Waals surface area contributed by atoms with E-state index in [0.29, 0.717) is 6.42 Å². The van der Waals surface area contributed by atoms with Crippen LogP contribution in [0.3, 0.4) is 0 Å². The monoisotopic (exact) mass is 300 g/mol. The van der Waals surface area contributed by atoms with E-state index in [1.807, 2.05) is 0 Å². The molecule has 0 spiro atoms. The van der Waals surface area contributed by atoms with Gasteiger partial charge in [0.1, 0.15) is 0 Å². The summed E-state index contributed by atoms with van der Waals surface area (Å²) < 4.78 is 0. The van der Waals surface area contributed by atoms with Crippen molar-refractivity contribution in [3.63, 3.8) is 0 Å². The summed E-state index contributed by atoms with van der Waals surface area (Å²) in [4.78, 5) is 25.3. The molecule has 1 aliphatic carbocycles. The highest BCUT2D eigenvalue weighted by Gasteiger charge is 2.45. The first-order chi connectivity index (χ1) is 9.50. The average Bonchev–Trinajstić information content (AvgIpc) is 2.37. The predicted molar refractivity (Wildman–Crippen MR) is 80.1 cm³/mol. The maximum Gasteiger partial charge on any atom is 0.317 e. The minimum atomic E-state index is -1.10. The zero-order valence-electron chi connectivity index (χ0n) is 13.6. The molecule has 2 amide bonds. The van der Waals surface area contributed by atoms with Crippen LogP contribution in [0.2, 0.25) is 0 Å². The van der Waals surface area contributed by atoms with E-state index in [-0.39, 0.29) is 12.1 Å². The second-order valence-corrected chi connectivity index (χ2v) is 7.02. The summed E-state index contributed by atoms with van der Waals surface area (Å²) in [5, 5.41) is 22.1. The van der Waals surface area contributed by atoms with Crippen LogP contribution in [0.25, 0.3) is 0 Å². The number of aliphatic hydroxyl groups excluding tert-OH is 1. The topological polar surface area (TPSA) is 89.9 Å². The maximum atomic E-state index is 12.4. The molecule has 2 atom stereocenters. The van der Waals surface area contributed by atoms with Crippen LogP contribution in [-0.2, 0) is 4.79 Å². The standard InChI is InChI=1S/C15H28N2O4/c1-14(2,12(19)20)15(3,4)16-13(21)17(5)10-8-6-7-9-11(10)18/h10-11,18H,6-9H2,1-5H3,(H,16,21)(H,19,20). The molecule has 0 aromatic heterocycles. The number of aliphatic carboxylic acids is 1. The van der Waals surface area contributed by atoms with E-state index in [1.54, 1.807) is 34.7 Å². The Kier molecular flexibility index (Phi) is 5.25. The van der Waals surface area contributed by atoms with Crippen molar-refractivity contribution >= 4 is 12.0 Å². The van der Waals surface area contributed by atoms with Crippen molar-refractivity contribution in [2.45, 2.75) is 71.1 Å². The van der Waals surface area contributed by atoms with Gasteiger partial charge in [-0.1, -0.05) is 12.8 Å². The van der Waals surface area contributed by atoms with Gasteiger partial charge in [-0.3, -0.25) is 4.79 Å². The fraction of sp³-hybridized carbons (Fsp3) is 0.867. The number of nitrogens with one attached hydrogen (secondary N) is 1. The maximum absolute atomic E-state index is 12.4. The number of rotatable bonds is 4. The molecule has 6 heteroatoms. The summed E-state index contributed by atoms with van der Waals surface area (Å²) in [6.45, 7) is 6.57. The fourth-order valence-electron chi connectivity index (χ4n) is 2.47. The Morgan fingerprint density at radius 2 is 1.67 bits per heavy atom. The SMILES string of the molecule is CN(C(=O)NC(C)(C)C(C)(C)C(=O)O)C1CCCCC1O. The molecule has 2 unspecified atom stereocenters. The Balaban J connectivity index is 2.77. The summed E-state index contributed by atoms with van der Waals surface area (Å²) in [5.74, 6) is -0.965. The van der Waals surface area contributed by atoms with Crippen LogP contribution >= 0.6 is 0 Å². The predicted octanol–water partition coefficient (Wildman–Crippen LogP) is 1.82. The Labute approximate surface area is 126 Å². The van der Waals surface area contributed by atoms with Crippen molar-refractivity contribution in [1.29, 1.82) is 0 Å². The molecule has 0 bridgehead atoms. The third kappa shape index (κ3) is 3.67. The molecule has 0 aromatic rings. The molecule has 21 heavy (non-hydrogen) atoms. The molecule has 0 aliphatic heterocycles. The van der Waals surface area contributed by atoms with Crippen molar-refractivity contribution in [3.8, 4) is 0 Å². The number of hydrogen-bond acceptors (Lipinski definition) is 3. The number of carbonyl (C=O) groups excluding carboxylic acids is 1. The van der Waals surface area contributed by atoms with Gasteiger partial charge < -0.3 is 20.4 Å².